The van der Waals surface area contributed by atoms with Gasteiger partial charge in [-0.15, -0.1) is 0 Å². The minimum Gasteiger partial charge on any atom is -0.490 e. The maximum atomic E-state index is 13.7. The number of anilines is 1. The first-order valence-corrected chi connectivity index (χ1v) is 11.4. The summed E-state index contributed by atoms with van der Waals surface area (Å²) in [5.74, 6) is 0.811. The number of carbonyl (C=O) groups excluding carboxylic acids is 2. The summed E-state index contributed by atoms with van der Waals surface area (Å²) in [5, 5.41) is 0.278. The number of nitrogens with zero attached hydrogens (tertiary/aromatic N) is 4. The summed E-state index contributed by atoms with van der Waals surface area (Å²) < 4.78 is 17.0. The summed E-state index contributed by atoms with van der Waals surface area (Å²) >= 11 is 6.31. The lowest BCUT2D eigenvalue weighted by atomic mass is 10.1. The third kappa shape index (κ3) is 4.73. The van der Waals surface area contributed by atoms with Gasteiger partial charge >= 0.3 is 6.09 Å². The predicted octanol–water partition coefficient (Wildman–Crippen LogP) is 2.80. The Hall–Kier alpha value is -2.26. The predicted molar refractivity (Wildman–Crippen MR) is 120 cm³/mol. The van der Waals surface area contributed by atoms with Crippen molar-refractivity contribution in [2.24, 2.45) is 0 Å². The molecule has 0 N–H and O–H groups in total. The molecule has 0 spiro atoms. The molecule has 1 aromatic heterocycles. The Kier molecular flexibility index (Phi) is 6.40. The summed E-state index contributed by atoms with van der Waals surface area (Å²) in [6.07, 6.45) is 1.33. The van der Waals surface area contributed by atoms with Gasteiger partial charge in [-0.2, -0.15) is 0 Å². The Morgan fingerprint density at radius 3 is 2.69 bits per heavy atom. The van der Waals surface area contributed by atoms with Gasteiger partial charge in [-0.1, -0.05) is 11.6 Å². The van der Waals surface area contributed by atoms with E-state index < -0.39 is 5.60 Å². The number of ether oxygens (including phenoxy) is 3. The van der Waals surface area contributed by atoms with Crippen molar-refractivity contribution in [3.8, 4) is 5.75 Å². The number of fused-ring (bicyclic) bond motifs is 2. The van der Waals surface area contributed by atoms with E-state index in [2.05, 4.69) is 4.98 Å². The number of hydrogen-bond donors (Lipinski definition) is 0. The number of piperazine rings is 1. The average Bonchev–Trinajstić information content (AvgIpc) is 2.88. The highest BCUT2D eigenvalue weighted by molar-refractivity contribution is 6.30. The standard InChI is InChI=1S/C22H31ClN4O5/c1-22(2,3)32-21(29)26-7-8-27-15(12-26)13-31-16-11-17(23)24-19(18(16)20(27)28)25(4)14-5-9-30-10-6-14/h11,14-15H,5-10,12-13H2,1-4H3/t15-/m1/s1. The quantitative estimate of drug-likeness (QED) is 0.619. The van der Waals surface area contributed by atoms with Crippen LogP contribution in [-0.2, 0) is 9.47 Å². The second kappa shape index (κ2) is 8.94. The molecule has 4 rings (SSSR count). The Labute approximate surface area is 193 Å². The minimum absolute atomic E-state index is 0.149. The van der Waals surface area contributed by atoms with Crippen LogP contribution in [-0.4, -0.2) is 91.0 Å². The smallest absolute Gasteiger partial charge is 0.410 e. The third-order valence-corrected chi connectivity index (χ3v) is 6.24. The van der Waals surface area contributed by atoms with Gasteiger partial charge in [-0.3, -0.25) is 4.79 Å². The number of carbonyl (C=O) groups is 2. The second-order valence-corrected chi connectivity index (χ2v) is 9.87. The molecule has 2 saturated heterocycles. The average molecular weight is 467 g/mol. The van der Waals surface area contributed by atoms with Gasteiger partial charge in [-0.05, 0) is 33.6 Å². The molecule has 3 aliphatic rings. The zero-order valence-corrected chi connectivity index (χ0v) is 19.9. The first-order valence-electron chi connectivity index (χ1n) is 11.1. The van der Waals surface area contributed by atoms with Gasteiger partial charge in [0.2, 0.25) is 0 Å². The van der Waals surface area contributed by atoms with Crippen molar-refractivity contribution in [1.82, 2.24) is 14.8 Å². The molecule has 2 amide bonds. The fourth-order valence-electron chi connectivity index (χ4n) is 4.38. The van der Waals surface area contributed by atoms with E-state index in [1.807, 2.05) is 32.7 Å². The van der Waals surface area contributed by atoms with Crippen LogP contribution in [0.1, 0.15) is 44.0 Å². The lowest BCUT2D eigenvalue weighted by Crippen LogP contribution is -2.58. The topological polar surface area (TPSA) is 84.4 Å². The summed E-state index contributed by atoms with van der Waals surface area (Å²) in [7, 11) is 1.94. The zero-order chi connectivity index (χ0) is 23.0. The SMILES string of the molecule is CN(c1nc(Cl)cc2c1C(=O)N1CCN(C(=O)OC(C)(C)C)C[C@@H]1CO2)C1CCOCC1. The molecule has 3 aliphatic heterocycles. The van der Waals surface area contributed by atoms with E-state index in [1.54, 1.807) is 15.9 Å². The molecule has 0 unspecified atom stereocenters. The van der Waals surface area contributed by atoms with Crippen LogP contribution in [0.2, 0.25) is 5.15 Å². The van der Waals surface area contributed by atoms with Gasteiger partial charge in [0.25, 0.3) is 5.91 Å². The van der Waals surface area contributed by atoms with Crippen LogP contribution < -0.4 is 9.64 Å². The van der Waals surface area contributed by atoms with Crippen LogP contribution in [0.3, 0.4) is 0 Å². The maximum Gasteiger partial charge on any atom is 0.410 e. The van der Waals surface area contributed by atoms with Crippen LogP contribution in [0, 0.1) is 0 Å². The van der Waals surface area contributed by atoms with Crippen molar-refractivity contribution in [3.05, 3.63) is 16.8 Å². The molecule has 0 aliphatic carbocycles. The minimum atomic E-state index is -0.577. The van der Waals surface area contributed by atoms with Crippen molar-refractivity contribution in [2.75, 3.05) is 51.4 Å². The van der Waals surface area contributed by atoms with Crippen molar-refractivity contribution < 1.29 is 23.8 Å². The largest absolute Gasteiger partial charge is 0.490 e. The summed E-state index contributed by atoms with van der Waals surface area (Å²) in [5.41, 5.74) is -0.150. The van der Waals surface area contributed by atoms with Crippen LogP contribution in [0.4, 0.5) is 10.6 Å². The zero-order valence-electron chi connectivity index (χ0n) is 19.1. The number of amides is 2. The van der Waals surface area contributed by atoms with Crippen LogP contribution in [0.15, 0.2) is 6.07 Å². The lowest BCUT2D eigenvalue weighted by Gasteiger charge is -2.40. The lowest BCUT2D eigenvalue weighted by molar-refractivity contribution is 0.000950. The molecule has 0 aromatic carbocycles. The molecule has 1 atom stereocenters. The highest BCUT2D eigenvalue weighted by atomic mass is 35.5. The van der Waals surface area contributed by atoms with E-state index in [1.165, 1.54) is 0 Å². The van der Waals surface area contributed by atoms with Gasteiger partial charge in [0.15, 0.2) is 0 Å². The molecule has 32 heavy (non-hydrogen) atoms. The molecular formula is C22H31ClN4O5. The molecule has 0 bridgehead atoms. The monoisotopic (exact) mass is 466 g/mol. The highest BCUT2D eigenvalue weighted by Gasteiger charge is 2.40. The van der Waals surface area contributed by atoms with E-state index in [0.717, 1.165) is 12.8 Å². The van der Waals surface area contributed by atoms with Crippen LogP contribution in [0.25, 0.3) is 0 Å². The number of rotatable bonds is 2. The molecule has 0 radical (unpaired) electrons. The van der Waals surface area contributed by atoms with Crippen LogP contribution in [0.5, 0.6) is 5.75 Å². The fourth-order valence-corrected chi connectivity index (χ4v) is 4.56. The number of aromatic nitrogens is 1. The normalized spacial score (nSPS) is 21.9. The molecule has 0 saturated carbocycles. The maximum absolute atomic E-state index is 13.7. The molecular weight excluding hydrogens is 436 g/mol. The van der Waals surface area contributed by atoms with Crippen molar-refractivity contribution in [2.45, 2.75) is 51.3 Å². The Bertz CT molecular complexity index is 884. The van der Waals surface area contributed by atoms with E-state index in [9.17, 15) is 9.59 Å². The number of halogens is 1. The third-order valence-electron chi connectivity index (χ3n) is 6.05. The summed E-state index contributed by atoms with van der Waals surface area (Å²) in [6, 6.07) is 1.52. The van der Waals surface area contributed by atoms with Gasteiger partial charge in [-0.25, -0.2) is 9.78 Å². The number of pyridine rings is 1. The van der Waals surface area contributed by atoms with Crippen molar-refractivity contribution >= 4 is 29.4 Å². The van der Waals surface area contributed by atoms with Crippen molar-refractivity contribution in [1.29, 1.82) is 0 Å². The van der Waals surface area contributed by atoms with Crippen LogP contribution >= 0.6 is 11.6 Å². The first kappa shape index (κ1) is 22.9. The van der Waals surface area contributed by atoms with E-state index in [-0.39, 0.29) is 35.8 Å². The van der Waals surface area contributed by atoms with Gasteiger partial charge in [0.1, 0.15) is 34.5 Å². The molecule has 1 aromatic rings. The highest BCUT2D eigenvalue weighted by Crippen LogP contribution is 2.36. The fraction of sp³-hybridized carbons (Fsp3) is 0.682. The van der Waals surface area contributed by atoms with Gasteiger partial charge in [0, 0.05) is 52.0 Å². The van der Waals surface area contributed by atoms with E-state index in [4.69, 9.17) is 25.8 Å². The Morgan fingerprint density at radius 2 is 2.00 bits per heavy atom. The molecule has 176 valence electrons. The Morgan fingerprint density at radius 1 is 1.28 bits per heavy atom. The molecule has 2 fully saturated rings. The second-order valence-electron chi connectivity index (χ2n) is 9.49. The molecule has 9 nitrogen and oxygen atoms in total. The van der Waals surface area contributed by atoms with E-state index in [0.29, 0.717) is 50.0 Å². The number of hydrogen-bond acceptors (Lipinski definition) is 7. The van der Waals surface area contributed by atoms with Crippen molar-refractivity contribution in [3.63, 3.8) is 0 Å². The Balaban J connectivity index is 1.58. The molecule has 10 heteroatoms. The first-order chi connectivity index (χ1) is 15.1. The van der Waals surface area contributed by atoms with Gasteiger partial charge < -0.3 is 28.9 Å². The van der Waals surface area contributed by atoms with E-state index >= 15 is 0 Å². The molecule has 4 heterocycles. The van der Waals surface area contributed by atoms with Gasteiger partial charge in [0.05, 0.1) is 6.04 Å². The summed E-state index contributed by atoms with van der Waals surface area (Å²) in [6.45, 7) is 8.27. The summed E-state index contributed by atoms with van der Waals surface area (Å²) in [4.78, 5) is 36.2.